The highest BCUT2D eigenvalue weighted by molar-refractivity contribution is 6.07. The quantitative estimate of drug-likeness (QED) is 0.412. The lowest BCUT2D eigenvalue weighted by Crippen LogP contribution is -2.19. The molecule has 184 valence electrons. The van der Waals surface area contributed by atoms with Gasteiger partial charge in [0.2, 0.25) is 5.91 Å². The monoisotopic (exact) mass is 471 g/mol. The Morgan fingerprint density at radius 2 is 1.51 bits per heavy atom. The average Bonchev–Trinajstić information content (AvgIpc) is 2.76. The molecule has 2 amide bonds. The highest BCUT2D eigenvalue weighted by Gasteiger charge is 2.25. The van der Waals surface area contributed by atoms with Crippen LogP contribution in [-0.2, 0) is 12.8 Å². The molecule has 0 aliphatic heterocycles. The summed E-state index contributed by atoms with van der Waals surface area (Å²) in [5.41, 5.74) is 13.3. The number of aryl methyl sites for hydroxylation is 2. The molecular formula is C30H37N3O2. The van der Waals surface area contributed by atoms with Gasteiger partial charge in [-0.25, -0.2) is 0 Å². The van der Waals surface area contributed by atoms with Crippen molar-refractivity contribution in [3.8, 4) is 11.1 Å². The molecule has 3 rings (SSSR count). The van der Waals surface area contributed by atoms with Gasteiger partial charge in [0.25, 0.3) is 5.91 Å². The molecule has 3 aromatic rings. The summed E-state index contributed by atoms with van der Waals surface area (Å²) in [5.74, 6) is -0.320. The third-order valence-corrected chi connectivity index (χ3v) is 5.88. The van der Waals surface area contributed by atoms with Gasteiger partial charge in [-0.3, -0.25) is 14.6 Å². The van der Waals surface area contributed by atoms with Gasteiger partial charge in [-0.05, 0) is 73.4 Å². The van der Waals surface area contributed by atoms with Gasteiger partial charge in [-0.15, -0.1) is 0 Å². The van der Waals surface area contributed by atoms with Crippen molar-refractivity contribution in [2.45, 2.75) is 61.3 Å². The van der Waals surface area contributed by atoms with E-state index < -0.39 is 5.91 Å². The van der Waals surface area contributed by atoms with Crippen LogP contribution >= 0.6 is 0 Å². The van der Waals surface area contributed by atoms with Crippen molar-refractivity contribution >= 4 is 17.5 Å². The first-order chi connectivity index (χ1) is 16.4. The zero-order valence-corrected chi connectivity index (χ0v) is 22.0. The van der Waals surface area contributed by atoms with E-state index in [-0.39, 0.29) is 11.3 Å². The van der Waals surface area contributed by atoms with Crippen LogP contribution in [0.3, 0.4) is 0 Å². The second-order valence-electron chi connectivity index (χ2n) is 11.0. The highest BCUT2D eigenvalue weighted by Crippen LogP contribution is 2.39. The molecule has 1 heterocycles. The zero-order chi connectivity index (χ0) is 25.9. The predicted octanol–water partition coefficient (Wildman–Crippen LogP) is 6.50. The van der Waals surface area contributed by atoms with Gasteiger partial charge >= 0.3 is 0 Å². The van der Waals surface area contributed by atoms with E-state index in [0.717, 1.165) is 41.0 Å². The summed E-state index contributed by atoms with van der Waals surface area (Å²) in [4.78, 5) is 29.7. The smallest absolute Gasteiger partial charge is 0.255 e. The van der Waals surface area contributed by atoms with Crippen LogP contribution in [0.15, 0.2) is 48.5 Å². The fourth-order valence-corrected chi connectivity index (χ4v) is 4.24. The molecule has 0 aliphatic carbocycles. The number of hydrogen-bond donors (Lipinski definition) is 2. The first-order valence-corrected chi connectivity index (χ1v) is 12.2. The Kier molecular flexibility index (Phi) is 7.79. The highest BCUT2D eigenvalue weighted by atomic mass is 16.2. The van der Waals surface area contributed by atoms with Crippen molar-refractivity contribution < 1.29 is 9.59 Å². The largest absolute Gasteiger partial charge is 0.366 e. The number of anilines is 1. The summed E-state index contributed by atoms with van der Waals surface area (Å²) in [6, 6.07) is 14.8. The molecule has 0 atom stereocenters. The number of carbonyl (C=O) groups excluding carboxylic acids is 2. The van der Waals surface area contributed by atoms with E-state index in [2.05, 4.69) is 71.1 Å². The van der Waals surface area contributed by atoms with Gasteiger partial charge < -0.3 is 11.1 Å². The second-order valence-corrected chi connectivity index (χ2v) is 11.0. The third-order valence-electron chi connectivity index (χ3n) is 5.88. The molecule has 0 fully saturated rings. The molecule has 35 heavy (non-hydrogen) atoms. The summed E-state index contributed by atoms with van der Waals surface area (Å²) in [5, 5.41) is 3.15. The Morgan fingerprint density at radius 3 is 2.03 bits per heavy atom. The molecule has 0 unspecified atom stereocenters. The standard InChI is InChI=1S/C30H37N3O2/c1-18(2)16-25-24(17-30(5,6)7)26(21-10-8-19(3)9-11-21)27(20(4)32-25)33-29(35)23-14-12-22(13-15-23)28(31)34/h8-15,18H,16-17H2,1-7H3,(H2,31,34)(H,33,35). The number of benzene rings is 2. The molecule has 0 spiro atoms. The Balaban J connectivity index is 2.20. The fraction of sp³-hybridized carbons (Fsp3) is 0.367. The van der Waals surface area contributed by atoms with Crippen LogP contribution in [-0.4, -0.2) is 16.8 Å². The number of rotatable bonds is 7. The molecule has 5 heteroatoms. The number of amides is 2. The number of nitrogens with two attached hydrogens (primary N) is 1. The van der Waals surface area contributed by atoms with E-state index in [9.17, 15) is 9.59 Å². The van der Waals surface area contributed by atoms with Crippen molar-refractivity contribution in [1.29, 1.82) is 0 Å². The molecule has 2 aromatic carbocycles. The summed E-state index contributed by atoms with van der Waals surface area (Å²) in [6.07, 6.45) is 1.70. The van der Waals surface area contributed by atoms with Gasteiger partial charge in [0.1, 0.15) is 0 Å². The minimum Gasteiger partial charge on any atom is -0.366 e. The lowest BCUT2D eigenvalue weighted by Gasteiger charge is -2.27. The average molecular weight is 472 g/mol. The van der Waals surface area contributed by atoms with Crippen molar-refractivity contribution in [1.82, 2.24) is 4.98 Å². The third kappa shape index (κ3) is 6.56. The number of hydrogen-bond acceptors (Lipinski definition) is 3. The summed E-state index contributed by atoms with van der Waals surface area (Å²) in [6.45, 7) is 15.1. The first-order valence-electron chi connectivity index (χ1n) is 12.2. The van der Waals surface area contributed by atoms with Gasteiger partial charge in [0.05, 0.1) is 11.4 Å². The van der Waals surface area contributed by atoms with E-state index in [1.54, 1.807) is 24.3 Å². The molecule has 5 nitrogen and oxygen atoms in total. The van der Waals surface area contributed by atoms with Crippen LogP contribution in [0.4, 0.5) is 5.69 Å². The van der Waals surface area contributed by atoms with Crippen LogP contribution in [0.25, 0.3) is 11.1 Å². The first kappa shape index (κ1) is 26.1. The molecule has 0 radical (unpaired) electrons. The Bertz CT molecular complexity index is 1220. The second kappa shape index (κ2) is 10.4. The molecule has 1 aromatic heterocycles. The Hall–Kier alpha value is -3.47. The van der Waals surface area contributed by atoms with Crippen LogP contribution in [0.5, 0.6) is 0 Å². The van der Waals surface area contributed by atoms with Crippen LogP contribution in [0.2, 0.25) is 0 Å². The number of nitrogens with zero attached hydrogens (tertiary/aromatic N) is 1. The maximum atomic E-state index is 13.3. The number of aromatic nitrogens is 1. The minimum absolute atomic E-state index is 0.0357. The Labute approximate surface area is 209 Å². The number of nitrogens with one attached hydrogen (secondary N) is 1. The molecule has 0 aliphatic rings. The van der Waals surface area contributed by atoms with E-state index in [1.807, 2.05) is 6.92 Å². The van der Waals surface area contributed by atoms with E-state index in [4.69, 9.17) is 10.7 Å². The normalized spacial score (nSPS) is 11.5. The van der Waals surface area contributed by atoms with Crippen molar-refractivity contribution in [2.75, 3.05) is 5.32 Å². The van der Waals surface area contributed by atoms with Gasteiger partial charge in [0, 0.05) is 22.4 Å². The van der Waals surface area contributed by atoms with Crippen LogP contribution < -0.4 is 11.1 Å². The lowest BCUT2D eigenvalue weighted by atomic mass is 9.82. The summed E-state index contributed by atoms with van der Waals surface area (Å²) >= 11 is 0. The van der Waals surface area contributed by atoms with Crippen molar-refractivity contribution in [2.24, 2.45) is 17.1 Å². The summed E-state index contributed by atoms with van der Waals surface area (Å²) in [7, 11) is 0. The molecule has 0 saturated heterocycles. The maximum absolute atomic E-state index is 13.3. The maximum Gasteiger partial charge on any atom is 0.255 e. The molecule has 0 saturated carbocycles. The van der Waals surface area contributed by atoms with Crippen molar-refractivity contribution in [3.05, 3.63) is 82.2 Å². The number of primary amides is 1. The van der Waals surface area contributed by atoms with E-state index >= 15 is 0 Å². The Morgan fingerprint density at radius 1 is 0.943 bits per heavy atom. The predicted molar refractivity (Wildman–Crippen MR) is 144 cm³/mol. The van der Waals surface area contributed by atoms with E-state index in [1.165, 1.54) is 11.1 Å². The lowest BCUT2D eigenvalue weighted by molar-refractivity contribution is 0.0995. The zero-order valence-electron chi connectivity index (χ0n) is 22.0. The van der Waals surface area contributed by atoms with Crippen LogP contribution in [0.1, 0.15) is 77.8 Å². The molecular weight excluding hydrogens is 434 g/mol. The number of pyridine rings is 1. The fourth-order valence-electron chi connectivity index (χ4n) is 4.24. The topological polar surface area (TPSA) is 85.1 Å². The minimum atomic E-state index is -0.522. The SMILES string of the molecule is Cc1ccc(-c2c(CC(C)(C)C)c(CC(C)C)nc(C)c2NC(=O)c2ccc(C(N)=O)cc2)cc1. The van der Waals surface area contributed by atoms with Gasteiger partial charge in [0.15, 0.2) is 0 Å². The molecule has 3 N–H and O–H groups in total. The summed E-state index contributed by atoms with van der Waals surface area (Å²) < 4.78 is 0. The van der Waals surface area contributed by atoms with Gasteiger partial charge in [-0.1, -0.05) is 64.4 Å². The molecule has 0 bridgehead atoms. The van der Waals surface area contributed by atoms with Crippen LogP contribution in [0, 0.1) is 25.2 Å². The van der Waals surface area contributed by atoms with Crippen molar-refractivity contribution in [3.63, 3.8) is 0 Å². The number of carbonyl (C=O) groups is 2. The van der Waals surface area contributed by atoms with E-state index in [0.29, 0.717) is 17.0 Å². The van der Waals surface area contributed by atoms with Gasteiger partial charge in [-0.2, -0.15) is 0 Å².